The van der Waals surface area contributed by atoms with Gasteiger partial charge in [-0.2, -0.15) is 22.4 Å². The highest BCUT2D eigenvalue weighted by Crippen LogP contribution is 1.80. The van der Waals surface area contributed by atoms with E-state index in [0.29, 0.717) is 0 Å². The summed E-state index contributed by atoms with van der Waals surface area (Å²) in [4.78, 5) is 0. The van der Waals surface area contributed by atoms with E-state index in [0.717, 1.165) is 0 Å². The molecular weight excluding hydrogens is 277 g/mol. The molecule has 0 saturated heterocycles. The lowest BCUT2D eigenvalue weighted by molar-refractivity contribution is 2.36. The van der Waals surface area contributed by atoms with Gasteiger partial charge in [-0.15, -0.1) is 0 Å². The van der Waals surface area contributed by atoms with E-state index in [9.17, 15) is 0 Å². The average Bonchev–Trinajstić information content (AvgIpc) is 1.37. The summed E-state index contributed by atoms with van der Waals surface area (Å²) in [5.74, 6) is 0. The summed E-state index contributed by atoms with van der Waals surface area (Å²) in [6.07, 6.45) is 0. The smallest absolute Gasteiger partial charge is 0.154 e. The molecule has 0 aromatic heterocycles. The Morgan fingerprint density at radius 3 is 2.00 bits per heavy atom. The van der Waals surface area contributed by atoms with Gasteiger partial charge in [0.05, 0.1) is 0 Å². The number of rotatable bonds is 1. The molecule has 0 bridgehead atoms. The second-order valence-corrected chi connectivity index (χ2v) is 2.54. The molecule has 0 rings (SSSR count). The van der Waals surface area contributed by atoms with Crippen LogP contribution in [0.2, 0.25) is 0 Å². The van der Waals surface area contributed by atoms with Crippen molar-refractivity contribution in [2.75, 3.05) is 4.33 Å². The number of hydrogen-bond donors (Lipinski definition) is 0. The van der Waals surface area contributed by atoms with Crippen LogP contribution >= 0.6 is 45.0 Å². The van der Waals surface area contributed by atoms with E-state index in [1.54, 1.807) is 0 Å². The second-order valence-electron chi connectivity index (χ2n) is 0.378. The molecule has 0 aliphatic carbocycles. The van der Waals surface area contributed by atoms with Crippen LogP contribution in [-0.4, -0.2) is 9.46 Å². The van der Waals surface area contributed by atoms with Gasteiger partial charge in [-0.3, -0.25) is 0 Å². The van der Waals surface area contributed by atoms with Crippen molar-refractivity contribution in [2.45, 2.75) is 0 Å². The first-order valence-corrected chi connectivity index (χ1v) is 4.09. The minimum absolute atomic E-state index is 1.28. The van der Waals surface area contributed by atoms with Gasteiger partial charge in [0.25, 0.3) is 0 Å². The molecule has 3 heteroatoms. The summed E-state index contributed by atoms with van der Waals surface area (Å²) in [7, 11) is 0. The van der Waals surface area contributed by atoms with Crippen molar-refractivity contribution in [1.82, 2.24) is 0 Å². The predicted octanol–water partition coefficient (Wildman–Crippen LogP) is 1.17. The van der Waals surface area contributed by atoms with Gasteiger partial charge in [0.15, 0.2) is 0 Å². The van der Waals surface area contributed by atoms with Crippen LogP contribution in [-0.2, 0) is 0 Å². The fraction of sp³-hybridized carbons (Fsp3) is 1.00. The monoisotopic (exact) mass is 280 g/mol. The van der Waals surface area contributed by atoms with Crippen LogP contribution in [0.15, 0.2) is 0 Å². The molecule has 0 N–H and O–H groups in total. The Kier molecular flexibility index (Phi) is 6.25. The normalized spacial score (nSPS) is 6.50. The Balaban J connectivity index is 1.97. The van der Waals surface area contributed by atoms with E-state index in [4.69, 9.17) is 0 Å². The molecule has 0 radical (unpaired) electrons. The van der Waals surface area contributed by atoms with E-state index < -0.39 is 0 Å². The van der Waals surface area contributed by atoms with Gasteiger partial charge in [0, 0.05) is 0 Å². The standard InChI is InChI=1S/CH3BI2/c3-1-2-4/h2H,1H2. The van der Waals surface area contributed by atoms with Crippen molar-refractivity contribution < 1.29 is 0 Å². The first kappa shape index (κ1) is 5.52. The Morgan fingerprint density at radius 1 is 1.75 bits per heavy atom. The molecule has 0 aliphatic rings. The number of halogens is 2. The van der Waals surface area contributed by atoms with Crippen LogP contribution in [0.3, 0.4) is 0 Å². The molecule has 0 spiro atoms. The zero-order valence-corrected chi connectivity index (χ0v) is 6.49. The van der Waals surface area contributed by atoms with Crippen LogP contribution < -0.4 is 0 Å². The van der Waals surface area contributed by atoms with Crippen LogP contribution in [0.1, 0.15) is 0 Å². The summed E-state index contributed by atoms with van der Waals surface area (Å²) in [5.41, 5.74) is 0. The molecule has 0 heterocycles. The minimum atomic E-state index is 1.28. The summed E-state index contributed by atoms with van der Waals surface area (Å²) < 4.78 is 1.28. The van der Waals surface area contributed by atoms with E-state index in [1.165, 1.54) is 9.46 Å². The maximum Gasteiger partial charge on any atom is 0.209 e. The van der Waals surface area contributed by atoms with Crippen molar-refractivity contribution in [3.63, 3.8) is 0 Å². The van der Waals surface area contributed by atoms with E-state index in [-0.39, 0.29) is 0 Å². The summed E-state index contributed by atoms with van der Waals surface area (Å²) in [6, 6.07) is 0. The third kappa shape index (κ3) is 3.52. The summed E-state index contributed by atoms with van der Waals surface area (Å²) in [6.45, 7) is 0. The maximum atomic E-state index is 2.34. The van der Waals surface area contributed by atoms with Crippen molar-refractivity contribution in [3.8, 4) is 0 Å². The maximum absolute atomic E-state index is 2.34. The molecule has 0 aromatic carbocycles. The van der Waals surface area contributed by atoms with Gasteiger partial charge in [-0.25, -0.2) is 0 Å². The largest absolute Gasteiger partial charge is 0.209 e. The lowest BCUT2D eigenvalue weighted by atomic mass is 10.2. The van der Waals surface area contributed by atoms with Crippen molar-refractivity contribution in [1.29, 1.82) is 0 Å². The topological polar surface area (TPSA) is 0 Å². The van der Waals surface area contributed by atoms with Gasteiger partial charge < -0.3 is 0 Å². The van der Waals surface area contributed by atoms with Crippen molar-refractivity contribution in [2.24, 2.45) is 0 Å². The highest BCUT2D eigenvalue weighted by atomic mass is 127. The van der Waals surface area contributed by atoms with Crippen LogP contribution in [0, 0.1) is 0 Å². The summed E-state index contributed by atoms with van der Waals surface area (Å²) >= 11 is 4.69. The molecule has 0 aliphatic heterocycles. The first-order chi connectivity index (χ1) is 1.91. The van der Waals surface area contributed by atoms with Gasteiger partial charge in [-0.05, 0) is 4.33 Å². The molecule has 0 saturated carbocycles. The molecular formula is CH3BI2. The molecule has 0 atom stereocenters. The van der Waals surface area contributed by atoms with E-state index >= 15 is 0 Å². The molecule has 0 amide bonds. The lowest BCUT2D eigenvalue weighted by Crippen LogP contribution is -1.68. The molecule has 0 nitrogen and oxygen atoms in total. The molecule has 0 aromatic rings. The summed E-state index contributed by atoms with van der Waals surface area (Å²) in [5, 5.41) is 1.28. The Morgan fingerprint density at radius 2 is 2.00 bits per heavy atom. The van der Waals surface area contributed by atoms with E-state index in [2.05, 4.69) is 45.0 Å². The third-order valence-electron chi connectivity index (χ3n) is 0.0714. The predicted molar refractivity (Wildman–Crippen MR) is 40.1 cm³/mol. The van der Waals surface area contributed by atoms with Gasteiger partial charge in [0.2, 0.25) is 5.14 Å². The molecule has 0 fully saturated rings. The molecule has 24 valence electrons. The highest BCUT2D eigenvalue weighted by Gasteiger charge is 1.66. The number of hydrogen-bond acceptors (Lipinski definition) is 0. The lowest BCUT2D eigenvalue weighted by Gasteiger charge is -1.59. The van der Waals surface area contributed by atoms with Crippen LogP contribution in [0.25, 0.3) is 0 Å². The van der Waals surface area contributed by atoms with Crippen molar-refractivity contribution >= 4 is 50.1 Å². The number of alkyl halides is 1. The van der Waals surface area contributed by atoms with E-state index in [1.807, 2.05) is 0 Å². The minimum Gasteiger partial charge on any atom is -0.154 e. The second kappa shape index (κ2) is 4.52. The fourth-order valence-electron chi connectivity index (χ4n) is 0. The Bertz CT molecular complexity index is 8.00. The zero-order chi connectivity index (χ0) is 3.41. The van der Waals surface area contributed by atoms with Gasteiger partial charge in [-0.1, -0.05) is 22.6 Å². The van der Waals surface area contributed by atoms with Gasteiger partial charge >= 0.3 is 0 Å². The molecule has 4 heavy (non-hydrogen) atoms. The SMILES string of the molecule is IBCI. The Hall–Kier alpha value is 1.52. The van der Waals surface area contributed by atoms with Crippen molar-refractivity contribution in [3.05, 3.63) is 0 Å². The highest BCUT2D eigenvalue weighted by molar-refractivity contribution is 14.1. The van der Waals surface area contributed by atoms with Crippen LogP contribution in [0.5, 0.6) is 0 Å². The average molecular weight is 280 g/mol. The fourth-order valence-corrected chi connectivity index (χ4v) is 0. The van der Waals surface area contributed by atoms with Gasteiger partial charge in [0.1, 0.15) is 0 Å². The quantitative estimate of drug-likeness (QED) is 0.384. The zero-order valence-electron chi connectivity index (χ0n) is 2.17. The first-order valence-electron chi connectivity index (χ1n) is 1.03. The third-order valence-corrected chi connectivity index (χ3v) is 3.21. The molecule has 0 unspecified atom stereocenters. The van der Waals surface area contributed by atoms with Crippen LogP contribution in [0.4, 0.5) is 0 Å². The Labute approximate surface area is 54.0 Å².